The smallest absolute Gasteiger partial charge is 0.249 e. The van der Waals surface area contributed by atoms with Crippen molar-refractivity contribution in [3.63, 3.8) is 0 Å². The van der Waals surface area contributed by atoms with Gasteiger partial charge in [-0.05, 0) is 43.5 Å². The SMILES string of the molecule is CCCC1NC(=O)CCN(c2ccc(C)c(C)c2)C1=O. The molecule has 1 aliphatic heterocycles. The Bertz CT molecular complexity index is 525. The Morgan fingerprint density at radius 1 is 1.25 bits per heavy atom. The molecule has 1 N–H and O–H groups in total. The summed E-state index contributed by atoms with van der Waals surface area (Å²) in [6, 6.07) is 5.61. The molecule has 1 atom stereocenters. The van der Waals surface area contributed by atoms with Gasteiger partial charge in [0.25, 0.3) is 0 Å². The Hall–Kier alpha value is -1.84. The first-order chi connectivity index (χ1) is 9.52. The van der Waals surface area contributed by atoms with Crippen molar-refractivity contribution < 1.29 is 9.59 Å². The summed E-state index contributed by atoms with van der Waals surface area (Å²) in [5.74, 6) is -0.0379. The molecule has 0 aliphatic carbocycles. The molecule has 1 aliphatic rings. The number of hydrogen-bond donors (Lipinski definition) is 1. The number of rotatable bonds is 3. The zero-order valence-electron chi connectivity index (χ0n) is 12.4. The van der Waals surface area contributed by atoms with E-state index in [1.165, 1.54) is 5.56 Å². The van der Waals surface area contributed by atoms with Crippen LogP contribution in [0.4, 0.5) is 5.69 Å². The van der Waals surface area contributed by atoms with Crippen LogP contribution in [-0.4, -0.2) is 24.4 Å². The maximum atomic E-state index is 12.6. The number of carbonyl (C=O) groups excluding carboxylic acids is 2. The number of nitrogens with zero attached hydrogens (tertiary/aromatic N) is 1. The van der Waals surface area contributed by atoms with Gasteiger partial charge in [0, 0.05) is 18.7 Å². The van der Waals surface area contributed by atoms with Crippen LogP contribution in [0.15, 0.2) is 18.2 Å². The Kier molecular flexibility index (Phi) is 4.42. The van der Waals surface area contributed by atoms with E-state index >= 15 is 0 Å². The molecule has 4 nitrogen and oxygen atoms in total. The minimum Gasteiger partial charge on any atom is -0.344 e. The summed E-state index contributed by atoms with van der Waals surface area (Å²) in [7, 11) is 0. The highest BCUT2D eigenvalue weighted by atomic mass is 16.2. The summed E-state index contributed by atoms with van der Waals surface area (Å²) >= 11 is 0. The van der Waals surface area contributed by atoms with Gasteiger partial charge in [-0.3, -0.25) is 9.59 Å². The average Bonchev–Trinajstić information content (AvgIpc) is 2.54. The largest absolute Gasteiger partial charge is 0.344 e. The molecule has 0 saturated carbocycles. The molecule has 1 aromatic carbocycles. The van der Waals surface area contributed by atoms with Crippen molar-refractivity contribution in [3.05, 3.63) is 29.3 Å². The molecule has 0 aromatic heterocycles. The number of hydrogen-bond acceptors (Lipinski definition) is 2. The zero-order chi connectivity index (χ0) is 14.7. The van der Waals surface area contributed by atoms with Crippen molar-refractivity contribution in [2.45, 2.75) is 46.1 Å². The number of carbonyl (C=O) groups is 2. The maximum Gasteiger partial charge on any atom is 0.249 e. The predicted molar refractivity (Wildman–Crippen MR) is 79.7 cm³/mol. The molecule has 20 heavy (non-hydrogen) atoms. The molecule has 0 spiro atoms. The van der Waals surface area contributed by atoms with E-state index in [0.717, 1.165) is 17.7 Å². The van der Waals surface area contributed by atoms with Gasteiger partial charge in [0.1, 0.15) is 6.04 Å². The molecular formula is C16H22N2O2. The molecule has 1 unspecified atom stereocenters. The van der Waals surface area contributed by atoms with Gasteiger partial charge >= 0.3 is 0 Å². The van der Waals surface area contributed by atoms with Gasteiger partial charge < -0.3 is 10.2 Å². The molecule has 2 amide bonds. The molecule has 0 radical (unpaired) electrons. The summed E-state index contributed by atoms with van der Waals surface area (Å²) in [5, 5.41) is 2.83. The van der Waals surface area contributed by atoms with E-state index in [9.17, 15) is 9.59 Å². The van der Waals surface area contributed by atoms with Gasteiger partial charge in [-0.1, -0.05) is 19.4 Å². The number of aryl methyl sites for hydroxylation is 2. The second-order valence-corrected chi connectivity index (χ2v) is 5.42. The van der Waals surface area contributed by atoms with Crippen LogP contribution in [-0.2, 0) is 9.59 Å². The van der Waals surface area contributed by atoms with Gasteiger partial charge in [0.05, 0.1) is 0 Å². The van der Waals surface area contributed by atoms with Crippen LogP contribution >= 0.6 is 0 Å². The average molecular weight is 274 g/mol. The van der Waals surface area contributed by atoms with Crippen molar-refractivity contribution >= 4 is 17.5 Å². The first-order valence-corrected chi connectivity index (χ1v) is 7.21. The van der Waals surface area contributed by atoms with Crippen LogP contribution in [0.25, 0.3) is 0 Å². The molecule has 108 valence electrons. The Labute approximate surface area is 120 Å². The molecular weight excluding hydrogens is 252 g/mol. The fourth-order valence-electron chi connectivity index (χ4n) is 2.47. The lowest BCUT2D eigenvalue weighted by molar-refractivity contribution is -0.125. The van der Waals surface area contributed by atoms with Crippen molar-refractivity contribution in [1.29, 1.82) is 0 Å². The predicted octanol–water partition coefficient (Wildman–Crippen LogP) is 2.33. The lowest BCUT2D eigenvalue weighted by atomic mass is 10.1. The lowest BCUT2D eigenvalue weighted by Crippen LogP contribution is -2.44. The second kappa shape index (κ2) is 6.07. The van der Waals surface area contributed by atoms with Crippen molar-refractivity contribution in [2.24, 2.45) is 0 Å². The quantitative estimate of drug-likeness (QED) is 0.919. The number of nitrogens with one attached hydrogen (secondary N) is 1. The zero-order valence-corrected chi connectivity index (χ0v) is 12.4. The fourth-order valence-corrected chi connectivity index (χ4v) is 2.47. The van der Waals surface area contributed by atoms with Gasteiger partial charge in [0.2, 0.25) is 11.8 Å². The molecule has 2 rings (SSSR count). The van der Waals surface area contributed by atoms with Crippen LogP contribution in [0.2, 0.25) is 0 Å². The Balaban J connectivity index is 2.30. The highest BCUT2D eigenvalue weighted by Gasteiger charge is 2.29. The fraction of sp³-hybridized carbons (Fsp3) is 0.500. The van der Waals surface area contributed by atoms with Gasteiger partial charge in [0.15, 0.2) is 0 Å². The highest BCUT2D eigenvalue weighted by Crippen LogP contribution is 2.22. The second-order valence-electron chi connectivity index (χ2n) is 5.42. The van der Waals surface area contributed by atoms with Gasteiger partial charge in [-0.2, -0.15) is 0 Å². The standard InChI is InChI=1S/C16H22N2O2/c1-4-5-14-16(20)18(9-8-15(19)17-14)13-7-6-11(2)12(3)10-13/h6-7,10,14H,4-5,8-9H2,1-3H3,(H,17,19). The number of anilines is 1. The van der Waals surface area contributed by atoms with Gasteiger partial charge in [-0.15, -0.1) is 0 Å². The van der Waals surface area contributed by atoms with E-state index in [2.05, 4.69) is 5.32 Å². The van der Waals surface area contributed by atoms with Crippen molar-refractivity contribution in [1.82, 2.24) is 5.32 Å². The normalized spacial score (nSPS) is 19.8. The van der Waals surface area contributed by atoms with Crippen molar-refractivity contribution in [3.8, 4) is 0 Å². The third-order valence-electron chi connectivity index (χ3n) is 3.84. The minimum atomic E-state index is -0.392. The van der Waals surface area contributed by atoms with Gasteiger partial charge in [-0.25, -0.2) is 0 Å². The Morgan fingerprint density at radius 2 is 2.00 bits per heavy atom. The topological polar surface area (TPSA) is 49.4 Å². The van der Waals surface area contributed by atoms with E-state index < -0.39 is 6.04 Å². The molecule has 1 heterocycles. The molecule has 0 bridgehead atoms. The number of benzene rings is 1. The van der Waals surface area contributed by atoms with Crippen LogP contribution in [0.1, 0.15) is 37.3 Å². The minimum absolute atomic E-state index is 0.000882. The lowest BCUT2D eigenvalue weighted by Gasteiger charge is -2.24. The van der Waals surface area contributed by atoms with Crippen LogP contribution in [0.5, 0.6) is 0 Å². The first kappa shape index (κ1) is 14.6. The highest BCUT2D eigenvalue weighted by molar-refractivity contribution is 6.01. The summed E-state index contributed by atoms with van der Waals surface area (Å²) in [6.45, 7) is 6.56. The summed E-state index contributed by atoms with van der Waals surface area (Å²) in [6.07, 6.45) is 1.92. The molecule has 1 saturated heterocycles. The Morgan fingerprint density at radius 3 is 2.65 bits per heavy atom. The summed E-state index contributed by atoms with van der Waals surface area (Å²) in [4.78, 5) is 26.1. The summed E-state index contributed by atoms with van der Waals surface area (Å²) in [5.41, 5.74) is 3.25. The molecule has 4 heteroatoms. The van der Waals surface area contributed by atoms with E-state index in [1.54, 1.807) is 4.90 Å². The monoisotopic (exact) mass is 274 g/mol. The maximum absolute atomic E-state index is 12.6. The molecule has 1 fully saturated rings. The third-order valence-corrected chi connectivity index (χ3v) is 3.84. The first-order valence-electron chi connectivity index (χ1n) is 7.21. The van der Waals surface area contributed by atoms with Crippen LogP contribution < -0.4 is 10.2 Å². The van der Waals surface area contributed by atoms with E-state index in [0.29, 0.717) is 19.4 Å². The third kappa shape index (κ3) is 3.00. The van der Waals surface area contributed by atoms with E-state index in [-0.39, 0.29) is 11.8 Å². The van der Waals surface area contributed by atoms with E-state index in [1.807, 2.05) is 39.0 Å². The van der Waals surface area contributed by atoms with Crippen LogP contribution in [0, 0.1) is 13.8 Å². The van der Waals surface area contributed by atoms with Crippen molar-refractivity contribution in [2.75, 3.05) is 11.4 Å². The number of amides is 2. The molecule has 1 aromatic rings. The van der Waals surface area contributed by atoms with E-state index in [4.69, 9.17) is 0 Å². The summed E-state index contributed by atoms with van der Waals surface area (Å²) < 4.78 is 0. The van der Waals surface area contributed by atoms with Crippen LogP contribution in [0.3, 0.4) is 0 Å².